The highest BCUT2D eigenvalue weighted by Crippen LogP contribution is 2.20. The standard InChI is InChI=1S/C20H17ClN2O4S/c1-13-6-8-16(9-7-13)27-19(24)18-17(21)11-22-20(23-18)28(25,26)12-15-5-3-4-14(2)10-15/h3-11H,12H2,1-2H3. The van der Waals surface area contributed by atoms with E-state index in [2.05, 4.69) is 9.97 Å². The monoisotopic (exact) mass is 416 g/mol. The van der Waals surface area contributed by atoms with Crippen molar-refractivity contribution in [1.29, 1.82) is 0 Å². The Labute approximate surface area is 168 Å². The highest BCUT2D eigenvalue weighted by Gasteiger charge is 2.24. The first-order valence-corrected chi connectivity index (χ1v) is 10.4. The van der Waals surface area contributed by atoms with Gasteiger partial charge in [-0.1, -0.05) is 59.1 Å². The van der Waals surface area contributed by atoms with Gasteiger partial charge in [0, 0.05) is 0 Å². The molecule has 0 saturated heterocycles. The smallest absolute Gasteiger partial charge is 0.364 e. The van der Waals surface area contributed by atoms with Crippen molar-refractivity contribution in [2.24, 2.45) is 0 Å². The third kappa shape index (κ3) is 4.74. The van der Waals surface area contributed by atoms with Crippen LogP contribution in [0.3, 0.4) is 0 Å². The summed E-state index contributed by atoms with van der Waals surface area (Å²) in [4.78, 5) is 20.1. The summed E-state index contributed by atoms with van der Waals surface area (Å²) in [5.41, 5.74) is 2.24. The number of benzene rings is 2. The zero-order valence-electron chi connectivity index (χ0n) is 15.2. The number of nitrogens with zero attached hydrogens (tertiary/aromatic N) is 2. The van der Waals surface area contributed by atoms with Crippen molar-refractivity contribution in [3.8, 4) is 5.75 Å². The second-order valence-electron chi connectivity index (χ2n) is 6.30. The quantitative estimate of drug-likeness (QED) is 0.355. The Bertz CT molecular complexity index is 1130. The second kappa shape index (κ2) is 8.08. The van der Waals surface area contributed by atoms with E-state index in [-0.39, 0.29) is 16.5 Å². The van der Waals surface area contributed by atoms with Gasteiger partial charge in [-0.3, -0.25) is 0 Å². The fourth-order valence-electron chi connectivity index (χ4n) is 2.49. The first-order valence-electron chi connectivity index (χ1n) is 8.34. The summed E-state index contributed by atoms with van der Waals surface area (Å²) in [5.74, 6) is -0.847. The van der Waals surface area contributed by atoms with Gasteiger partial charge in [-0.2, -0.15) is 0 Å². The maximum absolute atomic E-state index is 12.7. The molecule has 0 bridgehead atoms. The van der Waals surface area contributed by atoms with Gasteiger partial charge in [-0.05, 0) is 31.5 Å². The number of rotatable bonds is 5. The maximum Gasteiger partial charge on any atom is 0.364 e. The molecular weight excluding hydrogens is 400 g/mol. The van der Waals surface area contributed by atoms with Crippen LogP contribution in [0.15, 0.2) is 59.9 Å². The zero-order chi connectivity index (χ0) is 20.3. The first kappa shape index (κ1) is 20.0. The summed E-state index contributed by atoms with van der Waals surface area (Å²) in [6.45, 7) is 3.77. The summed E-state index contributed by atoms with van der Waals surface area (Å²) in [5, 5.41) is -0.569. The summed E-state index contributed by atoms with van der Waals surface area (Å²) in [6, 6.07) is 13.9. The molecule has 1 aromatic heterocycles. The van der Waals surface area contributed by atoms with Gasteiger partial charge in [0.25, 0.3) is 0 Å². The van der Waals surface area contributed by atoms with Crippen molar-refractivity contribution >= 4 is 27.4 Å². The number of ether oxygens (including phenoxy) is 1. The highest BCUT2D eigenvalue weighted by atomic mass is 35.5. The van der Waals surface area contributed by atoms with E-state index in [0.717, 1.165) is 17.3 Å². The molecule has 3 aromatic rings. The van der Waals surface area contributed by atoms with Crippen LogP contribution >= 0.6 is 11.6 Å². The van der Waals surface area contributed by atoms with E-state index in [4.69, 9.17) is 16.3 Å². The Hall–Kier alpha value is -2.77. The average molecular weight is 417 g/mol. The number of hydrogen-bond acceptors (Lipinski definition) is 6. The Morgan fingerprint density at radius 3 is 2.46 bits per heavy atom. The molecule has 0 radical (unpaired) electrons. The van der Waals surface area contributed by atoms with Gasteiger partial charge in [0.1, 0.15) is 5.75 Å². The fraction of sp³-hybridized carbons (Fsp3) is 0.150. The van der Waals surface area contributed by atoms with Crippen LogP contribution in [0.1, 0.15) is 27.2 Å². The van der Waals surface area contributed by atoms with Crippen molar-refractivity contribution in [1.82, 2.24) is 9.97 Å². The SMILES string of the molecule is Cc1ccc(OC(=O)c2nc(S(=O)(=O)Cc3cccc(C)c3)ncc2Cl)cc1. The Morgan fingerprint density at radius 1 is 1.07 bits per heavy atom. The molecule has 2 aromatic carbocycles. The lowest BCUT2D eigenvalue weighted by Gasteiger charge is -2.08. The molecule has 0 aliphatic heterocycles. The largest absolute Gasteiger partial charge is 0.422 e. The zero-order valence-corrected chi connectivity index (χ0v) is 16.8. The van der Waals surface area contributed by atoms with Crippen LogP contribution in [0.5, 0.6) is 5.75 Å². The van der Waals surface area contributed by atoms with Gasteiger partial charge < -0.3 is 4.74 Å². The predicted molar refractivity (Wildman–Crippen MR) is 105 cm³/mol. The molecule has 144 valence electrons. The Morgan fingerprint density at radius 2 is 1.79 bits per heavy atom. The summed E-state index contributed by atoms with van der Waals surface area (Å²) < 4.78 is 30.6. The number of sulfone groups is 1. The lowest BCUT2D eigenvalue weighted by atomic mass is 10.2. The normalized spacial score (nSPS) is 11.2. The van der Waals surface area contributed by atoms with Crippen LogP contribution in [-0.2, 0) is 15.6 Å². The van der Waals surface area contributed by atoms with E-state index in [9.17, 15) is 13.2 Å². The van der Waals surface area contributed by atoms with E-state index in [1.165, 1.54) is 0 Å². The summed E-state index contributed by atoms with van der Waals surface area (Å²) >= 11 is 5.99. The number of halogens is 1. The van der Waals surface area contributed by atoms with Gasteiger partial charge in [0.15, 0.2) is 5.69 Å². The molecular formula is C20H17ClN2O4S. The highest BCUT2D eigenvalue weighted by molar-refractivity contribution is 7.90. The molecule has 8 heteroatoms. The average Bonchev–Trinajstić information content (AvgIpc) is 2.63. The summed E-state index contributed by atoms with van der Waals surface area (Å²) in [6.07, 6.45) is 1.09. The van der Waals surface area contributed by atoms with E-state index in [1.807, 2.05) is 19.9 Å². The minimum Gasteiger partial charge on any atom is -0.422 e. The minimum atomic E-state index is -3.87. The lowest BCUT2D eigenvalue weighted by molar-refractivity contribution is 0.0727. The molecule has 0 atom stereocenters. The van der Waals surface area contributed by atoms with Gasteiger partial charge in [-0.25, -0.2) is 23.2 Å². The molecule has 0 aliphatic rings. The van der Waals surface area contributed by atoms with Crippen molar-refractivity contribution in [2.75, 3.05) is 0 Å². The molecule has 0 spiro atoms. The van der Waals surface area contributed by atoms with E-state index in [0.29, 0.717) is 11.3 Å². The lowest BCUT2D eigenvalue weighted by Crippen LogP contribution is -2.16. The van der Waals surface area contributed by atoms with Crippen molar-refractivity contribution in [2.45, 2.75) is 24.8 Å². The number of carbonyl (C=O) groups excluding carboxylic acids is 1. The number of aromatic nitrogens is 2. The second-order valence-corrected chi connectivity index (χ2v) is 8.59. The number of aryl methyl sites for hydroxylation is 2. The van der Waals surface area contributed by atoms with E-state index >= 15 is 0 Å². The Balaban J connectivity index is 1.87. The molecule has 0 unspecified atom stereocenters. The molecule has 0 N–H and O–H groups in total. The van der Waals surface area contributed by atoms with Gasteiger partial charge in [0.05, 0.1) is 17.0 Å². The van der Waals surface area contributed by atoms with Crippen LogP contribution in [0.2, 0.25) is 5.02 Å². The van der Waals surface area contributed by atoms with Crippen molar-refractivity contribution in [3.05, 3.63) is 82.1 Å². The van der Waals surface area contributed by atoms with Gasteiger partial charge >= 0.3 is 5.97 Å². The molecule has 0 aliphatic carbocycles. The number of hydrogen-bond donors (Lipinski definition) is 0. The van der Waals surface area contributed by atoms with Gasteiger partial charge in [-0.15, -0.1) is 0 Å². The third-order valence-electron chi connectivity index (χ3n) is 3.86. The van der Waals surface area contributed by atoms with E-state index in [1.54, 1.807) is 42.5 Å². The topological polar surface area (TPSA) is 86.2 Å². The number of carbonyl (C=O) groups is 1. The van der Waals surface area contributed by atoms with E-state index < -0.39 is 21.0 Å². The molecule has 28 heavy (non-hydrogen) atoms. The van der Waals surface area contributed by atoms with Crippen LogP contribution in [0.4, 0.5) is 0 Å². The fourth-order valence-corrected chi connectivity index (χ4v) is 3.85. The van der Waals surface area contributed by atoms with Crippen LogP contribution in [0.25, 0.3) is 0 Å². The number of esters is 1. The minimum absolute atomic E-state index is 0.0911. The van der Waals surface area contributed by atoms with Crippen LogP contribution in [0, 0.1) is 13.8 Å². The predicted octanol–water partition coefficient (Wildman–Crippen LogP) is 3.94. The molecule has 1 heterocycles. The first-order chi connectivity index (χ1) is 13.2. The van der Waals surface area contributed by atoms with Crippen molar-refractivity contribution < 1.29 is 17.9 Å². The third-order valence-corrected chi connectivity index (χ3v) is 5.61. The Kier molecular flexibility index (Phi) is 5.76. The summed E-state index contributed by atoms with van der Waals surface area (Å²) in [7, 11) is -3.87. The molecule has 0 saturated carbocycles. The molecule has 0 amide bonds. The van der Waals surface area contributed by atoms with Gasteiger partial charge in [0.2, 0.25) is 15.0 Å². The van der Waals surface area contributed by atoms with Crippen LogP contribution in [-0.4, -0.2) is 24.4 Å². The van der Waals surface area contributed by atoms with Crippen molar-refractivity contribution in [3.63, 3.8) is 0 Å². The molecule has 6 nitrogen and oxygen atoms in total. The molecule has 0 fully saturated rings. The molecule has 3 rings (SSSR count). The van der Waals surface area contributed by atoms with Crippen LogP contribution < -0.4 is 4.74 Å². The maximum atomic E-state index is 12.7.